The van der Waals surface area contributed by atoms with E-state index in [1.54, 1.807) is 0 Å². The number of nitrogens with zero attached hydrogens (tertiary/aromatic N) is 1. The molecule has 80 valence electrons. The molecule has 4 heteroatoms. The summed E-state index contributed by atoms with van der Waals surface area (Å²) in [6.45, 7) is 0.465. The summed E-state index contributed by atoms with van der Waals surface area (Å²) in [7, 11) is 0. The number of aromatic nitrogens is 2. The Hall–Kier alpha value is -2.28. The highest BCUT2D eigenvalue weighted by Crippen LogP contribution is 2.09. The number of hydrogen-bond donors (Lipinski definition) is 2. The first-order valence-electron chi connectivity index (χ1n) is 4.97. The van der Waals surface area contributed by atoms with Gasteiger partial charge in [-0.15, -0.1) is 12.3 Å². The number of carbonyl (C=O) groups is 1. The summed E-state index contributed by atoms with van der Waals surface area (Å²) >= 11 is 0. The number of hydrogen-bond acceptors (Lipinski definition) is 2. The lowest BCUT2D eigenvalue weighted by atomic mass is 10.3. The monoisotopic (exact) mass is 213 g/mol. The number of para-hydroxylation sites is 2. The van der Waals surface area contributed by atoms with Gasteiger partial charge in [-0.2, -0.15) is 0 Å². The minimum atomic E-state index is -0.230. The van der Waals surface area contributed by atoms with Crippen molar-refractivity contribution in [2.45, 2.75) is 6.42 Å². The van der Waals surface area contributed by atoms with E-state index >= 15 is 0 Å². The van der Waals surface area contributed by atoms with E-state index < -0.39 is 0 Å². The molecule has 0 saturated heterocycles. The molecule has 0 fully saturated rings. The average molecular weight is 213 g/mol. The van der Waals surface area contributed by atoms with Crippen molar-refractivity contribution >= 4 is 16.9 Å². The van der Waals surface area contributed by atoms with Gasteiger partial charge < -0.3 is 10.3 Å². The maximum absolute atomic E-state index is 11.6. The Balaban J connectivity index is 2.14. The Labute approximate surface area is 93.1 Å². The van der Waals surface area contributed by atoms with Crippen LogP contribution in [-0.2, 0) is 0 Å². The van der Waals surface area contributed by atoms with Crippen LogP contribution in [0, 0.1) is 12.3 Å². The largest absolute Gasteiger partial charge is 0.348 e. The van der Waals surface area contributed by atoms with Crippen LogP contribution in [0.4, 0.5) is 0 Å². The lowest BCUT2D eigenvalue weighted by molar-refractivity contribution is 0.0945. The Kier molecular flexibility index (Phi) is 2.88. The van der Waals surface area contributed by atoms with Crippen LogP contribution in [0.2, 0.25) is 0 Å². The summed E-state index contributed by atoms with van der Waals surface area (Å²) in [5, 5.41) is 2.69. The van der Waals surface area contributed by atoms with Gasteiger partial charge in [-0.05, 0) is 12.1 Å². The summed E-state index contributed by atoms with van der Waals surface area (Å²) in [4.78, 5) is 18.7. The average Bonchev–Trinajstić information content (AvgIpc) is 2.73. The highest BCUT2D eigenvalue weighted by atomic mass is 16.2. The summed E-state index contributed by atoms with van der Waals surface area (Å²) in [5.41, 5.74) is 1.63. The molecule has 0 aliphatic heterocycles. The van der Waals surface area contributed by atoms with E-state index in [2.05, 4.69) is 21.2 Å². The van der Waals surface area contributed by atoms with E-state index in [9.17, 15) is 4.79 Å². The number of terminal acetylenes is 1. The van der Waals surface area contributed by atoms with Crippen molar-refractivity contribution in [2.75, 3.05) is 6.54 Å². The summed E-state index contributed by atoms with van der Waals surface area (Å²) < 4.78 is 0. The van der Waals surface area contributed by atoms with Crippen molar-refractivity contribution < 1.29 is 4.79 Å². The lowest BCUT2D eigenvalue weighted by Gasteiger charge is -1.98. The molecule has 1 aromatic heterocycles. The number of fused-ring (bicyclic) bond motifs is 1. The molecule has 0 atom stereocenters. The van der Waals surface area contributed by atoms with Gasteiger partial charge in [-0.1, -0.05) is 12.1 Å². The fourth-order valence-electron chi connectivity index (χ4n) is 1.39. The van der Waals surface area contributed by atoms with Crippen LogP contribution in [0.5, 0.6) is 0 Å². The Morgan fingerprint density at radius 3 is 3.06 bits per heavy atom. The number of amides is 1. The number of carbonyl (C=O) groups excluding carboxylic acids is 1. The van der Waals surface area contributed by atoms with E-state index in [1.807, 2.05) is 24.3 Å². The quantitative estimate of drug-likeness (QED) is 0.596. The van der Waals surface area contributed by atoms with Crippen molar-refractivity contribution in [1.82, 2.24) is 15.3 Å². The van der Waals surface area contributed by atoms with Gasteiger partial charge in [0.25, 0.3) is 5.91 Å². The van der Waals surface area contributed by atoms with Gasteiger partial charge in [0.2, 0.25) is 0 Å². The minimum absolute atomic E-state index is 0.230. The minimum Gasteiger partial charge on any atom is -0.348 e. The van der Waals surface area contributed by atoms with Crippen molar-refractivity contribution in [3.63, 3.8) is 0 Å². The van der Waals surface area contributed by atoms with Crippen LogP contribution in [0.3, 0.4) is 0 Å². The molecule has 0 spiro atoms. The fourth-order valence-corrected chi connectivity index (χ4v) is 1.39. The van der Waals surface area contributed by atoms with E-state index in [1.165, 1.54) is 0 Å². The first kappa shape index (κ1) is 10.2. The van der Waals surface area contributed by atoms with Crippen LogP contribution < -0.4 is 5.32 Å². The lowest BCUT2D eigenvalue weighted by Crippen LogP contribution is -2.25. The molecule has 1 aromatic carbocycles. The second-order valence-electron chi connectivity index (χ2n) is 3.31. The molecule has 1 amide bonds. The molecule has 1 heterocycles. The standard InChI is InChI=1S/C12H11N3O/c1-2-3-8-13-12(16)11-14-9-6-4-5-7-10(9)15-11/h1,4-7H,3,8H2,(H,13,16)(H,14,15). The smallest absolute Gasteiger partial charge is 0.287 e. The van der Waals surface area contributed by atoms with Gasteiger partial charge in [0, 0.05) is 13.0 Å². The van der Waals surface area contributed by atoms with Crippen molar-refractivity contribution in [1.29, 1.82) is 0 Å². The van der Waals surface area contributed by atoms with Crippen LogP contribution in [0.1, 0.15) is 17.0 Å². The molecular weight excluding hydrogens is 202 g/mol. The third kappa shape index (κ3) is 2.04. The Morgan fingerprint density at radius 2 is 2.31 bits per heavy atom. The van der Waals surface area contributed by atoms with Crippen LogP contribution in [-0.4, -0.2) is 22.4 Å². The molecule has 0 radical (unpaired) electrons. The fraction of sp³-hybridized carbons (Fsp3) is 0.167. The SMILES string of the molecule is C#CCCNC(=O)c1nc2ccccc2[nH]1. The molecule has 2 N–H and O–H groups in total. The second-order valence-corrected chi connectivity index (χ2v) is 3.31. The normalized spacial score (nSPS) is 9.94. The number of nitrogens with one attached hydrogen (secondary N) is 2. The van der Waals surface area contributed by atoms with Gasteiger partial charge in [0.05, 0.1) is 11.0 Å². The predicted octanol–water partition coefficient (Wildman–Crippen LogP) is 1.32. The molecule has 0 aliphatic rings. The van der Waals surface area contributed by atoms with E-state index in [0.29, 0.717) is 18.8 Å². The number of imidazole rings is 1. The van der Waals surface area contributed by atoms with Crippen molar-refractivity contribution in [3.8, 4) is 12.3 Å². The first-order chi connectivity index (χ1) is 7.81. The second kappa shape index (κ2) is 4.49. The molecule has 0 saturated carbocycles. The number of H-pyrrole nitrogens is 1. The Morgan fingerprint density at radius 1 is 1.50 bits per heavy atom. The number of rotatable bonds is 3. The zero-order chi connectivity index (χ0) is 11.4. The maximum Gasteiger partial charge on any atom is 0.287 e. The zero-order valence-electron chi connectivity index (χ0n) is 8.66. The molecule has 0 bridgehead atoms. The molecule has 16 heavy (non-hydrogen) atoms. The van der Waals surface area contributed by atoms with Gasteiger partial charge in [-0.3, -0.25) is 4.79 Å². The Bertz CT molecular complexity index is 518. The van der Waals surface area contributed by atoms with E-state index in [4.69, 9.17) is 6.42 Å². The molecular formula is C12H11N3O. The van der Waals surface area contributed by atoms with Gasteiger partial charge in [-0.25, -0.2) is 4.98 Å². The molecule has 2 rings (SSSR count). The number of benzene rings is 1. The molecule has 2 aromatic rings. The highest BCUT2D eigenvalue weighted by molar-refractivity contribution is 5.94. The van der Waals surface area contributed by atoms with Gasteiger partial charge >= 0.3 is 0 Å². The van der Waals surface area contributed by atoms with E-state index in [0.717, 1.165) is 11.0 Å². The summed E-state index contributed by atoms with van der Waals surface area (Å²) in [6, 6.07) is 7.49. The molecule has 0 unspecified atom stereocenters. The van der Waals surface area contributed by atoms with Gasteiger partial charge in [0.1, 0.15) is 0 Å². The molecule has 0 aliphatic carbocycles. The third-order valence-electron chi connectivity index (χ3n) is 2.16. The van der Waals surface area contributed by atoms with Crippen molar-refractivity contribution in [2.24, 2.45) is 0 Å². The van der Waals surface area contributed by atoms with Crippen molar-refractivity contribution in [3.05, 3.63) is 30.1 Å². The van der Waals surface area contributed by atoms with E-state index in [-0.39, 0.29) is 5.91 Å². The topological polar surface area (TPSA) is 57.8 Å². The van der Waals surface area contributed by atoms with Gasteiger partial charge in [0.15, 0.2) is 5.82 Å². The zero-order valence-corrected chi connectivity index (χ0v) is 8.66. The third-order valence-corrected chi connectivity index (χ3v) is 2.16. The summed E-state index contributed by atoms with van der Waals surface area (Å²) in [5.74, 6) is 2.54. The first-order valence-corrected chi connectivity index (χ1v) is 4.97. The summed E-state index contributed by atoms with van der Waals surface area (Å²) in [6.07, 6.45) is 5.61. The van der Waals surface area contributed by atoms with Crippen LogP contribution in [0.15, 0.2) is 24.3 Å². The number of aromatic amines is 1. The molecule has 4 nitrogen and oxygen atoms in total. The highest BCUT2D eigenvalue weighted by Gasteiger charge is 2.09. The maximum atomic E-state index is 11.6. The predicted molar refractivity (Wildman–Crippen MR) is 61.9 cm³/mol. The van der Waals surface area contributed by atoms with Crippen LogP contribution in [0.25, 0.3) is 11.0 Å². The van der Waals surface area contributed by atoms with Crippen LogP contribution >= 0.6 is 0 Å².